The molecule has 2 atom stereocenters. The Kier molecular flexibility index (Phi) is 4.29. The molecule has 4 rings (SSSR count). The molecule has 0 bridgehead atoms. The average molecular weight is 361 g/mol. The van der Waals surface area contributed by atoms with Crippen molar-refractivity contribution in [3.05, 3.63) is 35.9 Å². The highest BCUT2D eigenvalue weighted by Crippen LogP contribution is 2.30. The summed E-state index contributed by atoms with van der Waals surface area (Å²) in [5.41, 5.74) is 0.912. The highest BCUT2D eigenvalue weighted by molar-refractivity contribution is 7.99. The van der Waals surface area contributed by atoms with E-state index < -0.39 is 12.1 Å². The third-order valence-corrected chi connectivity index (χ3v) is 5.87. The fourth-order valence-electron chi connectivity index (χ4n) is 3.48. The Morgan fingerprint density at radius 2 is 1.84 bits per heavy atom. The average Bonchev–Trinajstić information content (AvgIpc) is 3.15. The number of carbonyl (C=O) groups excluding carboxylic acids is 3. The Bertz CT molecular complexity index is 698. The summed E-state index contributed by atoms with van der Waals surface area (Å²) < 4.78 is 5.35. The number of hydrogen-bond acceptors (Lipinski definition) is 5. The fourth-order valence-corrected chi connectivity index (χ4v) is 4.64. The largest absolute Gasteiger partial charge is 0.445 e. The number of hydrogen-bond donors (Lipinski definition) is 0. The van der Waals surface area contributed by atoms with E-state index in [1.165, 1.54) is 4.90 Å². The van der Waals surface area contributed by atoms with Gasteiger partial charge in [-0.1, -0.05) is 30.3 Å². The molecule has 3 saturated heterocycles. The maximum atomic E-state index is 12.7. The molecule has 3 aliphatic rings. The Hall–Kier alpha value is -2.22. The number of piperazine rings is 2. The van der Waals surface area contributed by atoms with Crippen LogP contribution in [0.15, 0.2) is 30.3 Å². The molecule has 7 nitrogen and oxygen atoms in total. The van der Waals surface area contributed by atoms with Crippen LogP contribution < -0.4 is 0 Å². The maximum absolute atomic E-state index is 12.7. The van der Waals surface area contributed by atoms with E-state index in [1.54, 1.807) is 21.6 Å². The van der Waals surface area contributed by atoms with Crippen molar-refractivity contribution in [3.63, 3.8) is 0 Å². The predicted octanol–water partition coefficient (Wildman–Crippen LogP) is 0.751. The molecule has 0 saturated carbocycles. The molecular weight excluding hydrogens is 342 g/mol. The van der Waals surface area contributed by atoms with Gasteiger partial charge >= 0.3 is 6.09 Å². The van der Waals surface area contributed by atoms with Gasteiger partial charge in [0.15, 0.2) is 0 Å². The van der Waals surface area contributed by atoms with E-state index >= 15 is 0 Å². The topological polar surface area (TPSA) is 70.2 Å². The first kappa shape index (κ1) is 16.3. The van der Waals surface area contributed by atoms with Crippen molar-refractivity contribution >= 4 is 29.7 Å². The number of fused-ring (bicyclic) bond motifs is 2. The molecule has 0 radical (unpaired) electrons. The van der Waals surface area contributed by atoms with Crippen LogP contribution in [0.5, 0.6) is 0 Å². The van der Waals surface area contributed by atoms with Gasteiger partial charge in [-0.05, 0) is 5.56 Å². The van der Waals surface area contributed by atoms with E-state index in [1.807, 2.05) is 30.3 Å². The minimum atomic E-state index is -0.583. The molecule has 0 aromatic heterocycles. The van der Waals surface area contributed by atoms with E-state index in [2.05, 4.69) is 0 Å². The van der Waals surface area contributed by atoms with Gasteiger partial charge in [-0.25, -0.2) is 4.79 Å². The number of carbonyl (C=O) groups is 3. The van der Waals surface area contributed by atoms with Crippen LogP contribution in [-0.4, -0.2) is 76.0 Å². The van der Waals surface area contributed by atoms with Gasteiger partial charge in [0.1, 0.15) is 18.7 Å². The van der Waals surface area contributed by atoms with Crippen LogP contribution in [0.4, 0.5) is 4.79 Å². The number of benzene rings is 1. The molecule has 0 N–H and O–H groups in total. The van der Waals surface area contributed by atoms with Crippen LogP contribution in [0.1, 0.15) is 5.56 Å². The number of amides is 3. The van der Waals surface area contributed by atoms with Crippen LogP contribution in [0, 0.1) is 0 Å². The molecule has 25 heavy (non-hydrogen) atoms. The third-order valence-electron chi connectivity index (χ3n) is 4.86. The quantitative estimate of drug-likeness (QED) is 0.778. The minimum absolute atomic E-state index is 0.00639. The van der Waals surface area contributed by atoms with Gasteiger partial charge in [-0.15, -0.1) is 11.8 Å². The van der Waals surface area contributed by atoms with E-state index in [4.69, 9.17) is 4.74 Å². The highest BCUT2D eigenvalue weighted by Gasteiger charge is 2.50. The lowest BCUT2D eigenvalue weighted by atomic mass is 10.0. The van der Waals surface area contributed by atoms with Crippen molar-refractivity contribution in [1.29, 1.82) is 0 Å². The van der Waals surface area contributed by atoms with Crippen LogP contribution in [0.3, 0.4) is 0 Å². The standard InChI is InChI=1S/C17H19N3O4S/c21-15-13-8-18(17(23)24-9-12-4-2-1-3-5-12)6-7-19(13)16(22)14-10-25-11-20(14)15/h1-5,13-14H,6-11H2/t13-,14+/m1/s1. The molecule has 3 heterocycles. The minimum Gasteiger partial charge on any atom is -0.445 e. The molecule has 0 aliphatic carbocycles. The van der Waals surface area contributed by atoms with Crippen LogP contribution >= 0.6 is 11.8 Å². The second-order valence-corrected chi connectivity index (χ2v) is 7.36. The summed E-state index contributed by atoms with van der Waals surface area (Å²) in [6, 6.07) is 8.54. The van der Waals surface area contributed by atoms with E-state index in [-0.39, 0.29) is 31.0 Å². The molecule has 3 amide bonds. The van der Waals surface area contributed by atoms with Crippen molar-refractivity contribution in [3.8, 4) is 0 Å². The second kappa shape index (κ2) is 6.59. The Morgan fingerprint density at radius 3 is 2.64 bits per heavy atom. The summed E-state index contributed by atoms with van der Waals surface area (Å²) >= 11 is 1.60. The number of ether oxygens (including phenoxy) is 1. The molecule has 1 aromatic rings. The predicted molar refractivity (Wildman–Crippen MR) is 91.7 cm³/mol. The van der Waals surface area contributed by atoms with Crippen LogP contribution in [0.2, 0.25) is 0 Å². The SMILES string of the molecule is O=C(OCc1ccccc1)N1CCN2C(=O)[C@@H]3CSCN3C(=O)[C@H]2C1. The summed E-state index contributed by atoms with van der Waals surface area (Å²) in [4.78, 5) is 42.4. The van der Waals surface area contributed by atoms with Crippen LogP contribution in [0.25, 0.3) is 0 Å². The van der Waals surface area contributed by atoms with Gasteiger partial charge in [0, 0.05) is 18.8 Å². The lowest BCUT2D eigenvalue weighted by Crippen LogP contribution is -2.69. The van der Waals surface area contributed by atoms with Crippen LogP contribution in [-0.2, 0) is 20.9 Å². The normalized spacial score (nSPS) is 25.7. The Morgan fingerprint density at radius 1 is 1.08 bits per heavy atom. The fraction of sp³-hybridized carbons (Fsp3) is 0.471. The van der Waals surface area contributed by atoms with E-state index in [9.17, 15) is 14.4 Å². The molecule has 1 aromatic carbocycles. The molecule has 8 heteroatoms. The monoisotopic (exact) mass is 361 g/mol. The van der Waals surface area contributed by atoms with Gasteiger partial charge < -0.3 is 19.4 Å². The van der Waals surface area contributed by atoms with Gasteiger partial charge in [-0.2, -0.15) is 0 Å². The lowest BCUT2D eigenvalue weighted by molar-refractivity contribution is -0.162. The molecule has 3 fully saturated rings. The Balaban J connectivity index is 1.40. The number of nitrogens with zero attached hydrogens (tertiary/aromatic N) is 3. The molecule has 0 spiro atoms. The molecular formula is C17H19N3O4S. The summed E-state index contributed by atoms with van der Waals surface area (Å²) in [5.74, 6) is 1.16. The zero-order valence-corrected chi connectivity index (χ0v) is 14.5. The highest BCUT2D eigenvalue weighted by atomic mass is 32.2. The second-order valence-electron chi connectivity index (χ2n) is 6.36. The van der Waals surface area contributed by atoms with Gasteiger partial charge in [0.25, 0.3) is 0 Å². The van der Waals surface area contributed by atoms with E-state index in [0.29, 0.717) is 24.7 Å². The third kappa shape index (κ3) is 2.95. The summed E-state index contributed by atoms with van der Waals surface area (Å²) in [5, 5.41) is 0. The van der Waals surface area contributed by atoms with Crippen molar-refractivity contribution in [2.75, 3.05) is 31.3 Å². The smallest absolute Gasteiger partial charge is 0.410 e. The van der Waals surface area contributed by atoms with E-state index in [0.717, 1.165) is 5.56 Å². The van der Waals surface area contributed by atoms with Crippen molar-refractivity contribution in [2.45, 2.75) is 18.7 Å². The van der Waals surface area contributed by atoms with Crippen molar-refractivity contribution in [1.82, 2.24) is 14.7 Å². The van der Waals surface area contributed by atoms with Gasteiger partial charge in [0.2, 0.25) is 11.8 Å². The first-order chi connectivity index (χ1) is 12.1. The number of rotatable bonds is 2. The summed E-state index contributed by atoms with van der Waals surface area (Å²) in [7, 11) is 0. The maximum Gasteiger partial charge on any atom is 0.410 e. The molecule has 132 valence electrons. The lowest BCUT2D eigenvalue weighted by Gasteiger charge is -2.46. The van der Waals surface area contributed by atoms with Crippen molar-refractivity contribution < 1.29 is 19.1 Å². The van der Waals surface area contributed by atoms with Gasteiger partial charge in [0.05, 0.1) is 12.4 Å². The Labute approximate surface area is 149 Å². The first-order valence-corrected chi connectivity index (χ1v) is 9.45. The molecule has 0 unspecified atom stereocenters. The number of thioether (sulfide) groups is 1. The zero-order valence-electron chi connectivity index (χ0n) is 13.7. The summed E-state index contributed by atoms with van der Waals surface area (Å²) in [6.45, 7) is 1.17. The molecule has 3 aliphatic heterocycles. The van der Waals surface area contributed by atoms with Gasteiger partial charge in [-0.3, -0.25) is 9.59 Å². The zero-order chi connectivity index (χ0) is 17.4. The summed E-state index contributed by atoms with van der Waals surface area (Å²) in [6.07, 6.45) is -0.443. The van der Waals surface area contributed by atoms with Crippen molar-refractivity contribution in [2.24, 2.45) is 0 Å². The first-order valence-electron chi connectivity index (χ1n) is 8.29.